The van der Waals surface area contributed by atoms with Crippen molar-refractivity contribution in [2.24, 2.45) is 5.92 Å². The molecular weight excluding hydrogens is 276 g/mol. The number of ketones is 1. The average molecular weight is 297 g/mol. The molecule has 0 aromatic heterocycles. The molecule has 2 atom stereocenters. The molecule has 2 unspecified atom stereocenters. The Morgan fingerprint density at radius 1 is 1.20 bits per heavy atom. The summed E-state index contributed by atoms with van der Waals surface area (Å²) in [5.74, 6) is 0.425. The molecule has 0 spiro atoms. The summed E-state index contributed by atoms with van der Waals surface area (Å²) in [7, 11) is 0. The zero-order valence-electron chi connectivity index (χ0n) is 11.8. The van der Waals surface area contributed by atoms with Gasteiger partial charge in [0.15, 0.2) is 5.78 Å². The first-order valence-corrected chi connectivity index (χ1v) is 6.70. The van der Waals surface area contributed by atoms with Crippen LogP contribution in [0, 0.1) is 5.92 Å². The highest BCUT2D eigenvalue weighted by molar-refractivity contribution is 5.97. The van der Waals surface area contributed by atoms with E-state index in [9.17, 15) is 9.59 Å². The van der Waals surface area contributed by atoms with Gasteiger partial charge in [-0.3, -0.25) is 9.59 Å². The average Bonchev–Trinajstić information content (AvgIpc) is 2.41. The second-order valence-corrected chi connectivity index (χ2v) is 5.18. The molecule has 2 N–H and O–H groups in total. The molecule has 0 radical (unpaired) electrons. The van der Waals surface area contributed by atoms with Gasteiger partial charge in [-0.25, -0.2) is 0 Å². The number of rotatable bonds is 3. The van der Waals surface area contributed by atoms with Crippen LogP contribution in [-0.2, 0) is 0 Å². The van der Waals surface area contributed by atoms with Crippen LogP contribution in [0.1, 0.15) is 41.0 Å². The van der Waals surface area contributed by atoms with Crippen molar-refractivity contribution in [3.63, 3.8) is 0 Å². The molecule has 1 aromatic carbocycles. The number of piperidine rings is 1. The van der Waals surface area contributed by atoms with Crippen molar-refractivity contribution in [1.82, 2.24) is 10.6 Å². The zero-order valence-corrected chi connectivity index (χ0v) is 12.6. The van der Waals surface area contributed by atoms with Crippen molar-refractivity contribution in [3.8, 4) is 0 Å². The van der Waals surface area contributed by atoms with Gasteiger partial charge >= 0.3 is 0 Å². The minimum absolute atomic E-state index is 0. The molecule has 0 saturated carbocycles. The van der Waals surface area contributed by atoms with Gasteiger partial charge in [0, 0.05) is 23.7 Å². The zero-order chi connectivity index (χ0) is 13.8. The van der Waals surface area contributed by atoms with Crippen LogP contribution >= 0.6 is 12.4 Å². The Balaban J connectivity index is 0.00000200. The molecule has 110 valence electrons. The van der Waals surface area contributed by atoms with Crippen molar-refractivity contribution in [3.05, 3.63) is 35.4 Å². The third-order valence-electron chi connectivity index (χ3n) is 3.70. The highest BCUT2D eigenvalue weighted by Gasteiger charge is 2.22. The molecule has 5 heteroatoms. The molecule has 1 aliphatic rings. The summed E-state index contributed by atoms with van der Waals surface area (Å²) in [6.07, 6.45) is 1.08. The van der Waals surface area contributed by atoms with Gasteiger partial charge in [-0.1, -0.05) is 19.1 Å². The highest BCUT2D eigenvalue weighted by Crippen LogP contribution is 2.12. The fourth-order valence-corrected chi connectivity index (χ4v) is 2.29. The Morgan fingerprint density at radius 2 is 1.80 bits per heavy atom. The van der Waals surface area contributed by atoms with E-state index in [1.54, 1.807) is 24.3 Å². The standard InChI is InChI=1S/C15H20N2O2.ClH/c1-10-7-8-16-9-14(10)17-15(19)13-5-3-12(4-6-13)11(2)18;/h3-6,10,14,16H,7-9H2,1-2H3,(H,17,19);1H. The Kier molecular flexibility index (Phi) is 6.17. The summed E-state index contributed by atoms with van der Waals surface area (Å²) in [4.78, 5) is 23.3. The SMILES string of the molecule is CC(=O)c1ccc(C(=O)NC2CNCCC2C)cc1.Cl. The van der Waals surface area contributed by atoms with E-state index in [-0.39, 0.29) is 30.1 Å². The van der Waals surface area contributed by atoms with Crippen LogP contribution in [0.2, 0.25) is 0 Å². The Bertz CT molecular complexity index is 473. The van der Waals surface area contributed by atoms with Crippen LogP contribution in [-0.4, -0.2) is 30.8 Å². The molecule has 0 bridgehead atoms. The largest absolute Gasteiger partial charge is 0.348 e. The van der Waals surface area contributed by atoms with Gasteiger partial charge in [-0.2, -0.15) is 0 Å². The number of carbonyl (C=O) groups excluding carboxylic acids is 2. The third kappa shape index (κ3) is 4.05. The molecule has 20 heavy (non-hydrogen) atoms. The molecule has 0 aliphatic carbocycles. The van der Waals surface area contributed by atoms with E-state index >= 15 is 0 Å². The second-order valence-electron chi connectivity index (χ2n) is 5.18. The molecule has 1 aromatic rings. The van der Waals surface area contributed by atoms with Crippen LogP contribution in [0.4, 0.5) is 0 Å². The minimum Gasteiger partial charge on any atom is -0.348 e. The fourth-order valence-electron chi connectivity index (χ4n) is 2.29. The van der Waals surface area contributed by atoms with Crippen molar-refractivity contribution in [2.75, 3.05) is 13.1 Å². The first-order chi connectivity index (χ1) is 9.08. The normalized spacial score (nSPS) is 21.7. The van der Waals surface area contributed by atoms with Crippen molar-refractivity contribution >= 4 is 24.1 Å². The summed E-state index contributed by atoms with van der Waals surface area (Å²) in [6.45, 7) is 5.51. The molecule has 2 rings (SSSR count). The summed E-state index contributed by atoms with van der Waals surface area (Å²) < 4.78 is 0. The molecule has 1 aliphatic heterocycles. The van der Waals surface area contributed by atoms with E-state index in [4.69, 9.17) is 0 Å². The number of halogens is 1. The van der Waals surface area contributed by atoms with E-state index in [0.29, 0.717) is 17.0 Å². The third-order valence-corrected chi connectivity index (χ3v) is 3.70. The maximum absolute atomic E-state index is 12.1. The first-order valence-electron chi connectivity index (χ1n) is 6.70. The van der Waals surface area contributed by atoms with Gasteiger partial charge in [0.25, 0.3) is 5.91 Å². The maximum atomic E-state index is 12.1. The smallest absolute Gasteiger partial charge is 0.251 e. The molecular formula is C15H21ClN2O2. The number of carbonyl (C=O) groups is 2. The van der Waals surface area contributed by atoms with Gasteiger partial charge in [-0.15, -0.1) is 12.4 Å². The van der Waals surface area contributed by atoms with Gasteiger partial charge in [0.2, 0.25) is 0 Å². The summed E-state index contributed by atoms with van der Waals surface area (Å²) in [6, 6.07) is 6.97. The van der Waals surface area contributed by atoms with Crippen LogP contribution < -0.4 is 10.6 Å². The maximum Gasteiger partial charge on any atom is 0.251 e. The van der Waals surface area contributed by atoms with E-state index in [1.807, 2.05) is 0 Å². The Hall–Kier alpha value is -1.39. The summed E-state index contributed by atoms with van der Waals surface area (Å²) in [5.41, 5.74) is 1.23. The van der Waals surface area contributed by atoms with Crippen molar-refractivity contribution in [2.45, 2.75) is 26.3 Å². The quantitative estimate of drug-likeness (QED) is 0.839. The predicted octanol–water partition coefficient (Wildman–Crippen LogP) is 2.04. The molecule has 4 nitrogen and oxygen atoms in total. The van der Waals surface area contributed by atoms with Gasteiger partial charge in [0.05, 0.1) is 0 Å². The van der Waals surface area contributed by atoms with E-state index < -0.39 is 0 Å². The van der Waals surface area contributed by atoms with E-state index in [2.05, 4.69) is 17.6 Å². The lowest BCUT2D eigenvalue weighted by Crippen LogP contribution is -2.50. The Morgan fingerprint density at radius 3 is 2.35 bits per heavy atom. The lowest BCUT2D eigenvalue weighted by atomic mass is 9.94. The topological polar surface area (TPSA) is 58.2 Å². The number of hydrogen-bond acceptors (Lipinski definition) is 3. The Labute approximate surface area is 125 Å². The minimum atomic E-state index is -0.0735. The van der Waals surface area contributed by atoms with Gasteiger partial charge in [0.1, 0.15) is 0 Å². The first kappa shape index (κ1) is 16.7. The van der Waals surface area contributed by atoms with E-state index in [0.717, 1.165) is 19.5 Å². The lowest BCUT2D eigenvalue weighted by molar-refractivity contribution is 0.0914. The number of amides is 1. The molecule has 1 fully saturated rings. The lowest BCUT2D eigenvalue weighted by Gasteiger charge is -2.30. The fraction of sp³-hybridized carbons (Fsp3) is 0.467. The molecule has 1 saturated heterocycles. The van der Waals surface area contributed by atoms with Crippen LogP contribution in [0.15, 0.2) is 24.3 Å². The van der Waals surface area contributed by atoms with Crippen molar-refractivity contribution in [1.29, 1.82) is 0 Å². The number of nitrogens with one attached hydrogen (secondary N) is 2. The monoisotopic (exact) mass is 296 g/mol. The second kappa shape index (κ2) is 7.41. The number of Topliss-reactive ketones (excluding diaryl/α,β-unsaturated/α-hetero) is 1. The van der Waals surface area contributed by atoms with Crippen LogP contribution in [0.3, 0.4) is 0 Å². The van der Waals surface area contributed by atoms with Gasteiger partial charge < -0.3 is 10.6 Å². The number of hydrogen-bond donors (Lipinski definition) is 2. The van der Waals surface area contributed by atoms with Crippen molar-refractivity contribution < 1.29 is 9.59 Å². The highest BCUT2D eigenvalue weighted by atomic mass is 35.5. The van der Waals surface area contributed by atoms with Crippen LogP contribution in [0.25, 0.3) is 0 Å². The number of benzene rings is 1. The molecule has 1 heterocycles. The predicted molar refractivity (Wildman–Crippen MR) is 81.6 cm³/mol. The van der Waals surface area contributed by atoms with Gasteiger partial charge in [-0.05, 0) is 37.9 Å². The summed E-state index contributed by atoms with van der Waals surface area (Å²) >= 11 is 0. The van der Waals surface area contributed by atoms with E-state index in [1.165, 1.54) is 6.92 Å². The molecule has 1 amide bonds. The summed E-state index contributed by atoms with van der Waals surface area (Å²) in [5, 5.41) is 6.33. The van der Waals surface area contributed by atoms with Crippen LogP contribution in [0.5, 0.6) is 0 Å².